The first-order chi connectivity index (χ1) is 9.74. The molecule has 0 aromatic heterocycles. The smallest absolute Gasteiger partial charge is 0.127 e. The number of hydrogen-bond acceptors (Lipinski definition) is 2. The molecule has 3 heteroatoms. The molecular formula is C17H14FNO. The summed E-state index contributed by atoms with van der Waals surface area (Å²) in [6.45, 7) is 0.325. The van der Waals surface area contributed by atoms with Gasteiger partial charge in [0.25, 0.3) is 0 Å². The quantitative estimate of drug-likeness (QED) is 0.724. The molecule has 3 aromatic carbocycles. The molecule has 0 bridgehead atoms. The van der Waals surface area contributed by atoms with Gasteiger partial charge in [-0.25, -0.2) is 4.39 Å². The van der Waals surface area contributed by atoms with Gasteiger partial charge < -0.3 is 10.5 Å². The van der Waals surface area contributed by atoms with E-state index >= 15 is 0 Å². The van der Waals surface area contributed by atoms with E-state index in [1.807, 2.05) is 42.5 Å². The van der Waals surface area contributed by atoms with E-state index in [0.717, 1.165) is 27.8 Å². The minimum atomic E-state index is -0.256. The minimum Gasteiger partial charge on any atom is -0.488 e. The van der Waals surface area contributed by atoms with Gasteiger partial charge in [-0.1, -0.05) is 36.4 Å². The maximum Gasteiger partial charge on any atom is 0.127 e. The molecule has 20 heavy (non-hydrogen) atoms. The zero-order valence-electron chi connectivity index (χ0n) is 10.8. The van der Waals surface area contributed by atoms with E-state index in [2.05, 4.69) is 0 Å². The first kappa shape index (κ1) is 12.5. The maximum atomic E-state index is 13.1. The van der Waals surface area contributed by atoms with Crippen molar-refractivity contribution in [2.75, 3.05) is 5.73 Å². The minimum absolute atomic E-state index is 0.256. The monoisotopic (exact) mass is 267 g/mol. The molecule has 0 heterocycles. The topological polar surface area (TPSA) is 35.2 Å². The third-order valence-electron chi connectivity index (χ3n) is 3.20. The fraction of sp³-hybridized carbons (Fsp3) is 0.0588. The van der Waals surface area contributed by atoms with Gasteiger partial charge in [-0.2, -0.15) is 0 Å². The van der Waals surface area contributed by atoms with Crippen LogP contribution in [0.25, 0.3) is 10.8 Å². The van der Waals surface area contributed by atoms with Crippen LogP contribution in [0.3, 0.4) is 0 Å². The fourth-order valence-electron chi connectivity index (χ4n) is 2.21. The number of hydrogen-bond donors (Lipinski definition) is 1. The van der Waals surface area contributed by atoms with Gasteiger partial charge in [0.2, 0.25) is 0 Å². The Morgan fingerprint density at radius 1 is 0.900 bits per heavy atom. The lowest BCUT2D eigenvalue weighted by molar-refractivity contribution is 0.309. The maximum absolute atomic E-state index is 13.1. The predicted octanol–water partition coefficient (Wildman–Crippen LogP) is 4.14. The zero-order chi connectivity index (χ0) is 13.9. The molecule has 0 saturated carbocycles. The second kappa shape index (κ2) is 5.21. The van der Waals surface area contributed by atoms with Crippen molar-refractivity contribution in [3.63, 3.8) is 0 Å². The fourth-order valence-corrected chi connectivity index (χ4v) is 2.21. The number of nitrogen functional groups attached to an aromatic ring is 1. The Morgan fingerprint density at radius 2 is 1.70 bits per heavy atom. The van der Waals surface area contributed by atoms with Crippen molar-refractivity contribution < 1.29 is 9.13 Å². The van der Waals surface area contributed by atoms with Gasteiger partial charge in [0, 0.05) is 16.5 Å². The lowest BCUT2D eigenvalue weighted by Crippen LogP contribution is -1.97. The van der Waals surface area contributed by atoms with Gasteiger partial charge in [-0.05, 0) is 29.8 Å². The molecule has 0 radical (unpaired) electrons. The highest BCUT2D eigenvalue weighted by molar-refractivity contribution is 5.96. The summed E-state index contributed by atoms with van der Waals surface area (Å²) in [6, 6.07) is 17.9. The summed E-state index contributed by atoms with van der Waals surface area (Å²) in [5, 5.41) is 1.92. The summed E-state index contributed by atoms with van der Waals surface area (Å²) in [5.74, 6) is 0.493. The van der Waals surface area contributed by atoms with E-state index in [-0.39, 0.29) is 5.82 Å². The zero-order valence-corrected chi connectivity index (χ0v) is 10.8. The Kier molecular flexibility index (Phi) is 3.25. The third kappa shape index (κ3) is 2.43. The molecular weight excluding hydrogens is 253 g/mol. The Labute approximate surface area is 116 Å². The Morgan fingerprint density at radius 3 is 2.50 bits per heavy atom. The van der Waals surface area contributed by atoms with Gasteiger partial charge in [0.05, 0.1) is 0 Å². The van der Waals surface area contributed by atoms with Crippen LogP contribution in [0.2, 0.25) is 0 Å². The first-order valence-corrected chi connectivity index (χ1v) is 6.38. The lowest BCUT2D eigenvalue weighted by atomic mass is 10.1. The van der Waals surface area contributed by atoms with Crippen molar-refractivity contribution in [1.82, 2.24) is 0 Å². The number of fused-ring (bicyclic) bond motifs is 1. The van der Waals surface area contributed by atoms with Crippen molar-refractivity contribution in [1.29, 1.82) is 0 Å². The molecule has 0 spiro atoms. The van der Waals surface area contributed by atoms with Crippen LogP contribution in [0.4, 0.5) is 10.1 Å². The predicted molar refractivity (Wildman–Crippen MR) is 79.1 cm³/mol. The van der Waals surface area contributed by atoms with Gasteiger partial charge >= 0.3 is 0 Å². The summed E-state index contributed by atoms with van der Waals surface area (Å²) in [4.78, 5) is 0. The number of halogens is 1. The van der Waals surface area contributed by atoms with Gasteiger partial charge in [-0.15, -0.1) is 0 Å². The van der Waals surface area contributed by atoms with Crippen molar-refractivity contribution >= 4 is 16.5 Å². The first-order valence-electron chi connectivity index (χ1n) is 6.38. The lowest BCUT2D eigenvalue weighted by Gasteiger charge is -2.11. The average Bonchev–Trinajstić information content (AvgIpc) is 2.47. The van der Waals surface area contributed by atoms with Crippen LogP contribution in [-0.2, 0) is 6.61 Å². The highest BCUT2D eigenvalue weighted by atomic mass is 19.1. The number of nitrogens with two attached hydrogens (primary N) is 1. The van der Waals surface area contributed by atoms with E-state index in [4.69, 9.17) is 10.5 Å². The van der Waals surface area contributed by atoms with E-state index in [1.165, 1.54) is 12.1 Å². The summed E-state index contributed by atoms with van der Waals surface area (Å²) in [7, 11) is 0. The van der Waals surface area contributed by atoms with Crippen molar-refractivity contribution in [2.24, 2.45) is 0 Å². The van der Waals surface area contributed by atoms with Crippen LogP contribution >= 0.6 is 0 Å². The normalized spacial score (nSPS) is 10.7. The molecule has 0 fully saturated rings. The summed E-state index contributed by atoms with van der Waals surface area (Å²) >= 11 is 0. The second-order valence-electron chi connectivity index (χ2n) is 4.62. The molecule has 3 rings (SSSR count). The van der Waals surface area contributed by atoms with Crippen molar-refractivity contribution in [3.8, 4) is 5.75 Å². The van der Waals surface area contributed by atoms with Crippen LogP contribution in [0.15, 0.2) is 60.7 Å². The molecule has 3 aromatic rings. The Bertz CT molecular complexity index is 755. The van der Waals surface area contributed by atoms with Crippen molar-refractivity contribution in [3.05, 3.63) is 72.0 Å². The summed E-state index contributed by atoms with van der Waals surface area (Å²) in [6.07, 6.45) is 0. The van der Waals surface area contributed by atoms with E-state index in [0.29, 0.717) is 6.61 Å². The Balaban J connectivity index is 1.90. The van der Waals surface area contributed by atoms with Crippen molar-refractivity contribution in [2.45, 2.75) is 6.61 Å². The molecule has 0 aliphatic rings. The third-order valence-corrected chi connectivity index (χ3v) is 3.20. The van der Waals surface area contributed by atoms with Gasteiger partial charge in [-0.3, -0.25) is 0 Å². The standard InChI is InChI=1S/C17H14FNO/c18-13-5-3-4-12(10-13)11-20-17-9-8-16(19)14-6-1-2-7-15(14)17/h1-10H,11,19H2. The number of anilines is 1. The molecule has 0 aliphatic heterocycles. The number of benzene rings is 3. The van der Waals surface area contributed by atoms with E-state index in [9.17, 15) is 4.39 Å². The number of rotatable bonds is 3. The molecule has 0 atom stereocenters. The average molecular weight is 267 g/mol. The van der Waals surface area contributed by atoms with Gasteiger partial charge in [0.15, 0.2) is 0 Å². The molecule has 0 amide bonds. The summed E-state index contributed by atoms with van der Waals surface area (Å²) in [5.41, 5.74) is 7.47. The second-order valence-corrected chi connectivity index (χ2v) is 4.62. The SMILES string of the molecule is Nc1ccc(OCc2cccc(F)c2)c2ccccc12. The highest BCUT2D eigenvalue weighted by Gasteiger charge is 2.05. The van der Waals surface area contributed by atoms with Crippen LogP contribution in [0, 0.1) is 5.82 Å². The highest BCUT2D eigenvalue weighted by Crippen LogP contribution is 2.30. The molecule has 100 valence electrons. The number of ether oxygens (including phenoxy) is 1. The molecule has 0 saturated heterocycles. The Hall–Kier alpha value is -2.55. The van der Waals surface area contributed by atoms with Crippen LogP contribution < -0.4 is 10.5 Å². The molecule has 0 unspecified atom stereocenters. The van der Waals surface area contributed by atoms with E-state index < -0.39 is 0 Å². The largest absolute Gasteiger partial charge is 0.488 e. The summed E-state index contributed by atoms with van der Waals surface area (Å²) < 4.78 is 18.9. The van der Waals surface area contributed by atoms with Crippen LogP contribution in [0.1, 0.15) is 5.56 Å². The molecule has 2 nitrogen and oxygen atoms in total. The molecule has 2 N–H and O–H groups in total. The van der Waals surface area contributed by atoms with Gasteiger partial charge in [0.1, 0.15) is 18.2 Å². The molecule has 0 aliphatic carbocycles. The van der Waals surface area contributed by atoms with Crippen LogP contribution in [0.5, 0.6) is 5.75 Å². The van der Waals surface area contributed by atoms with E-state index in [1.54, 1.807) is 6.07 Å². The van der Waals surface area contributed by atoms with Crippen LogP contribution in [-0.4, -0.2) is 0 Å².